The van der Waals surface area contributed by atoms with Crippen LogP contribution in [-0.2, 0) is 20.7 Å². The van der Waals surface area contributed by atoms with Gasteiger partial charge in [0.05, 0.1) is 6.61 Å². The van der Waals surface area contributed by atoms with Gasteiger partial charge in [0.25, 0.3) is 6.47 Å². The smallest absolute Gasteiger partial charge is 0.306 e. The lowest BCUT2D eigenvalue weighted by molar-refractivity contribution is -0.143. The van der Waals surface area contributed by atoms with Gasteiger partial charge in [-0.05, 0) is 43.4 Å². The fourth-order valence-corrected chi connectivity index (χ4v) is 4.57. The molecule has 0 aliphatic rings. The first-order chi connectivity index (χ1) is 16.6. The Hall–Kier alpha value is -1.84. The predicted octanol–water partition coefficient (Wildman–Crippen LogP) is 8.58. The van der Waals surface area contributed by atoms with Crippen LogP contribution < -0.4 is 4.74 Å². The average Bonchev–Trinajstić information content (AvgIpc) is 2.82. The highest BCUT2D eigenvalue weighted by molar-refractivity contribution is 5.69. The molecule has 1 aromatic carbocycles. The summed E-state index contributed by atoms with van der Waals surface area (Å²) in [6.07, 6.45) is 22.5. The Kier molecular flexibility index (Phi) is 18.2. The van der Waals surface area contributed by atoms with E-state index in [9.17, 15) is 9.59 Å². The van der Waals surface area contributed by atoms with E-state index in [4.69, 9.17) is 9.47 Å². The van der Waals surface area contributed by atoms with E-state index >= 15 is 0 Å². The highest BCUT2D eigenvalue weighted by atomic mass is 16.5. The zero-order chi connectivity index (χ0) is 24.9. The second kappa shape index (κ2) is 20.5. The van der Waals surface area contributed by atoms with Crippen molar-refractivity contribution in [3.63, 3.8) is 0 Å². The van der Waals surface area contributed by atoms with Gasteiger partial charge in [-0.2, -0.15) is 0 Å². The minimum atomic E-state index is -0.135. The number of rotatable bonds is 22. The van der Waals surface area contributed by atoms with E-state index in [2.05, 4.69) is 6.92 Å². The molecule has 4 nitrogen and oxygen atoms in total. The van der Waals surface area contributed by atoms with Gasteiger partial charge in [0.1, 0.15) is 5.75 Å². The van der Waals surface area contributed by atoms with E-state index in [0.29, 0.717) is 31.7 Å². The summed E-state index contributed by atoms with van der Waals surface area (Å²) in [5, 5.41) is 0. The molecule has 0 heterocycles. The van der Waals surface area contributed by atoms with Crippen LogP contribution >= 0.6 is 0 Å². The Morgan fingerprint density at radius 2 is 1.18 bits per heavy atom. The maximum Gasteiger partial charge on any atom is 0.306 e. The molecular weight excluding hydrogens is 424 g/mol. The number of hydrogen-bond acceptors (Lipinski definition) is 4. The van der Waals surface area contributed by atoms with Gasteiger partial charge in [-0.1, -0.05) is 115 Å². The van der Waals surface area contributed by atoms with Gasteiger partial charge in [-0.3, -0.25) is 9.59 Å². The van der Waals surface area contributed by atoms with E-state index in [1.165, 1.54) is 89.9 Å². The van der Waals surface area contributed by atoms with Gasteiger partial charge >= 0.3 is 5.97 Å². The molecule has 0 atom stereocenters. The third-order valence-corrected chi connectivity index (χ3v) is 6.56. The number of aryl methyl sites for hydroxylation is 3. The van der Waals surface area contributed by atoms with Gasteiger partial charge in [0.15, 0.2) is 0 Å². The number of carbonyl (C=O) groups is 2. The number of esters is 1. The Bertz CT molecular complexity index is 645. The summed E-state index contributed by atoms with van der Waals surface area (Å²) in [5.41, 5.74) is 2.87. The summed E-state index contributed by atoms with van der Waals surface area (Å²) in [6, 6.07) is 3.93. The Morgan fingerprint density at radius 1 is 0.735 bits per heavy atom. The van der Waals surface area contributed by atoms with Crippen molar-refractivity contribution in [3.8, 4) is 5.75 Å². The van der Waals surface area contributed by atoms with Crippen molar-refractivity contribution in [2.75, 3.05) is 6.61 Å². The maximum atomic E-state index is 12.0. The second-order valence-corrected chi connectivity index (χ2v) is 9.80. The molecule has 4 heteroatoms. The van der Waals surface area contributed by atoms with Crippen LogP contribution in [0.4, 0.5) is 0 Å². The highest BCUT2D eigenvalue weighted by Crippen LogP contribution is 2.25. The molecule has 0 aliphatic carbocycles. The lowest BCUT2D eigenvalue weighted by Gasteiger charge is -2.10. The lowest BCUT2D eigenvalue weighted by Crippen LogP contribution is -2.07. The first kappa shape index (κ1) is 30.2. The Balaban J connectivity index is 1.92. The first-order valence-electron chi connectivity index (χ1n) is 13.9. The number of ether oxygens (including phenoxy) is 2. The number of benzene rings is 1. The van der Waals surface area contributed by atoms with E-state index in [0.717, 1.165) is 29.5 Å². The van der Waals surface area contributed by atoms with E-state index in [-0.39, 0.29) is 5.97 Å². The number of hydrogen-bond donors (Lipinski definition) is 0. The topological polar surface area (TPSA) is 52.6 Å². The van der Waals surface area contributed by atoms with Crippen molar-refractivity contribution in [3.05, 3.63) is 28.8 Å². The maximum absolute atomic E-state index is 12.0. The van der Waals surface area contributed by atoms with Crippen LogP contribution in [0.1, 0.15) is 133 Å². The Morgan fingerprint density at radius 3 is 1.62 bits per heavy atom. The van der Waals surface area contributed by atoms with Crippen LogP contribution in [0, 0.1) is 13.8 Å². The van der Waals surface area contributed by atoms with Crippen LogP contribution in [0.2, 0.25) is 0 Å². The average molecular weight is 475 g/mol. The minimum Gasteiger partial charge on any atom is -0.466 e. The van der Waals surface area contributed by atoms with Crippen molar-refractivity contribution in [1.29, 1.82) is 0 Å². The van der Waals surface area contributed by atoms with Gasteiger partial charge in [-0.25, -0.2) is 0 Å². The molecule has 1 aromatic rings. The summed E-state index contributed by atoms with van der Waals surface area (Å²) in [6.45, 7) is 7.07. The van der Waals surface area contributed by atoms with Crippen LogP contribution in [0.25, 0.3) is 0 Å². The molecular formula is C30H50O4. The van der Waals surface area contributed by atoms with E-state index in [1.54, 1.807) is 0 Å². The predicted molar refractivity (Wildman–Crippen MR) is 141 cm³/mol. The van der Waals surface area contributed by atoms with Crippen molar-refractivity contribution in [2.24, 2.45) is 0 Å². The van der Waals surface area contributed by atoms with E-state index in [1.807, 2.05) is 26.0 Å². The fraction of sp³-hybridized carbons (Fsp3) is 0.733. The van der Waals surface area contributed by atoms with Crippen LogP contribution in [-0.4, -0.2) is 19.0 Å². The fourth-order valence-electron chi connectivity index (χ4n) is 4.57. The standard InChI is InChI=1S/C30H50O4/c1-4-5-6-7-8-9-10-11-12-13-14-15-16-17-18-19-22-33-29(32)21-20-28-23-26(2)30(34-25-31)27(3)24-28/h23-25H,4-22H2,1-3H3. The Labute approximate surface area is 209 Å². The zero-order valence-electron chi connectivity index (χ0n) is 22.3. The molecule has 0 N–H and O–H groups in total. The first-order valence-corrected chi connectivity index (χ1v) is 13.9. The monoisotopic (exact) mass is 474 g/mol. The summed E-state index contributed by atoms with van der Waals surface area (Å²) < 4.78 is 10.4. The molecule has 34 heavy (non-hydrogen) atoms. The molecule has 0 aliphatic heterocycles. The van der Waals surface area contributed by atoms with Gasteiger partial charge in [0, 0.05) is 6.42 Å². The van der Waals surface area contributed by atoms with Crippen molar-refractivity contribution < 1.29 is 19.1 Å². The van der Waals surface area contributed by atoms with Crippen LogP contribution in [0.5, 0.6) is 5.75 Å². The highest BCUT2D eigenvalue weighted by Gasteiger charge is 2.09. The number of unbranched alkanes of at least 4 members (excludes halogenated alkanes) is 15. The second-order valence-electron chi connectivity index (χ2n) is 9.80. The summed E-state index contributed by atoms with van der Waals surface area (Å²) in [4.78, 5) is 22.6. The molecule has 1 rings (SSSR count). The third-order valence-electron chi connectivity index (χ3n) is 6.56. The molecule has 0 aromatic heterocycles. The van der Waals surface area contributed by atoms with Crippen LogP contribution in [0.3, 0.4) is 0 Å². The molecule has 0 fully saturated rings. The van der Waals surface area contributed by atoms with Crippen molar-refractivity contribution in [2.45, 2.75) is 136 Å². The van der Waals surface area contributed by atoms with Crippen LogP contribution in [0.15, 0.2) is 12.1 Å². The third kappa shape index (κ3) is 15.1. The quantitative estimate of drug-likeness (QED) is 0.0959. The molecule has 0 amide bonds. The normalized spacial score (nSPS) is 10.9. The lowest BCUT2D eigenvalue weighted by atomic mass is 10.0. The molecule has 194 valence electrons. The summed E-state index contributed by atoms with van der Waals surface area (Å²) >= 11 is 0. The minimum absolute atomic E-state index is 0.135. The molecule has 0 radical (unpaired) electrons. The largest absolute Gasteiger partial charge is 0.466 e. The summed E-state index contributed by atoms with van der Waals surface area (Å²) in [5.74, 6) is 0.467. The molecule has 0 unspecified atom stereocenters. The van der Waals surface area contributed by atoms with Gasteiger partial charge in [0.2, 0.25) is 0 Å². The SMILES string of the molecule is CCCCCCCCCCCCCCCCCCOC(=O)CCc1cc(C)c(OC=O)c(C)c1. The number of carbonyl (C=O) groups excluding carboxylic acids is 2. The molecule has 0 bridgehead atoms. The molecule has 0 saturated heterocycles. The van der Waals surface area contributed by atoms with E-state index < -0.39 is 0 Å². The van der Waals surface area contributed by atoms with Gasteiger partial charge in [-0.15, -0.1) is 0 Å². The van der Waals surface area contributed by atoms with Gasteiger partial charge < -0.3 is 9.47 Å². The summed E-state index contributed by atoms with van der Waals surface area (Å²) in [7, 11) is 0. The zero-order valence-corrected chi connectivity index (χ0v) is 22.3. The molecule has 0 saturated carbocycles. The van der Waals surface area contributed by atoms with Crippen molar-refractivity contribution in [1.82, 2.24) is 0 Å². The molecule has 0 spiro atoms. The van der Waals surface area contributed by atoms with Crippen molar-refractivity contribution >= 4 is 12.4 Å².